The summed E-state index contributed by atoms with van der Waals surface area (Å²) in [5, 5.41) is 0. The topological polar surface area (TPSA) is 43.4 Å². The van der Waals surface area contributed by atoms with Crippen LogP contribution in [0, 0.1) is 0 Å². The van der Waals surface area contributed by atoms with Gasteiger partial charge in [0, 0.05) is 0 Å². The maximum absolute atomic E-state index is 11.6. The molecule has 0 bridgehead atoms. The van der Waals surface area contributed by atoms with Gasteiger partial charge in [0.25, 0.3) is 10.1 Å². The van der Waals surface area contributed by atoms with Crippen molar-refractivity contribution >= 4 is 10.1 Å². The van der Waals surface area contributed by atoms with Crippen molar-refractivity contribution in [3.63, 3.8) is 0 Å². The Morgan fingerprint density at radius 1 is 0.520 bits per heavy atom. The lowest BCUT2D eigenvalue weighted by atomic mass is 10.0. The molecule has 0 N–H and O–H groups in total. The van der Waals surface area contributed by atoms with Crippen LogP contribution in [0.25, 0.3) is 0 Å². The van der Waals surface area contributed by atoms with Crippen molar-refractivity contribution in [2.45, 2.75) is 123 Å². The summed E-state index contributed by atoms with van der Waals surface area (Å²) in [4.78, 5) is 0. The van der Waals surface area contributed by atoms with Crippen molar-refractivity contribution < 1.29 is 12.6 Å². The van der Waals surface area contributed by atoms with Gasteiger partial charge >= 0.3 is 0 Å². The minimum absolute atomic E-state index is 0.180. The van der Waals surface area contributed by atoms with Gasteiger partial charge in [0.05, 0.1) is 12.4 Å². The zero-order valence-electron chi connectivity index (χ0n) is 17.1. The first-order valence-electron chi connectivity index (χ1n) is 11.0. The molecule has 0 amide bonds. The van der Waals surface area contributed by atoms with E-state index in [1.165, 1.54) is 77.0 Å². The summed E-state index contributed by atoms with van der Waals surface area (Å²) in [5.41, 5.74) is 0. The van der Waals surface area contributed by atoms with Crippen LogP contribution < -0.4 is 0 Å². The highest BCUT2D eigenvalue weighted by Crippen LogP contribution is 2.13. The monoisotopic (exact) mass is 376 g/mol. The number of rotatable bonds is 20. The van der Waals surface area contributed by atoms with Gasteiger partial charge in [-0.1, -0.05) is 110 Å². The fourth-order valence-electron chi connectivity index (χ4n) is 3.07. The summed E-state index contributed by atoms with van der Waals surface area (Å²) < 4.78 is 28.3. The van der Waals surface area contributed by atoms with Gasteiger partial charge < -0.3 is 0 Å². The molecule has 0 heterocycles. The molecule has 0 fully saturated rings. The van der Waals surface area contributed by atoms with Gasteiger partial charge in [-0.15, -0.1) is 0 Å². The Hall–Kier alpha value is -0.0900. The molecular weight excluding hydrogens is 332 g/mol. The maximum Gasteiger partial charge on any atom is 0.267 e. The molecule has 0 aromatic heterocycles. The van der Waals surface area contributed by atoms with Crippen LogP contribution in [-0.4, -0.2) is 20.8 Å². The first-order chi connectivity index (χ1) is 12.1. The molecular formula is C21H44O3S. The van der Waals surface area contributed by atoms with Crippen LogP contribution in [-0.2, 0) is 14.3 Å². The van der Waals surface area contributed by atoms with Crippen LogP contribution in [0.15, 0.2) is 0 Å². The molecule has 0 aromatic rings. The number of hydrogen-bond donors (Lipinski definition) is 0. The van der Waals surface area contributed by atoms with Crippen LogP contribution in [0.5, 0.6) is 0 Å². The van der Waals surface area contributed by atoms with Crippen molar-refractivity contribution in [3.8, 4) is 0 Å². The van der Waals surface area contributed by atoms with E-state index in [1.807, 2.05) is 0 Å². The molecule has 0 saturated carbocycles. The summed E-state index contributed by atoms with van der Waals surface area (Å²) in [5.74, 6) is 0.180. The molecule has 0 atom stereocenters. The smallest absolute Gasteiger partial charge is 0.267 e. The van der Waals surface area contributed by atoms with Gasteiger partial charge in [0.1, 0.15) is 0 Å². The highest BCUT2D eigenvalue weighted by molar-refractivity contribution is 7.86. The second-order valence-electron chi connectivity index (χ2n) is 7.39. The van der Waals surface area contributed by atoms with E-state index < -0.39 is 10.1 Å². The lowest BCUT2D eigenvalue weighted by molar-refractivity contribution is 0.305. The minimum atomic E-state index is -3.27. The van der Waals surface area contributed by atoms with Crippen molar-refractivity contribution in [1.82, 2.24) is 0 Å². The molecule has 25 heavy (non-hydrogen) atoms. The first kappa shape index (κ1) is 24.9. The average molecular weight is 377 g/mol. The van der Waals surface area contributed by atoms with E-state index in [0.29, 0.717) is 6.61 Å². The van der Waals surface area contributed by atoms with Gasteiger partial charge in [-0.2, -0.15) is 8.42 Å². The van der Waals surface area contributed by atoms with Crippen LogP contribution in [0.3, 0.4) is 0 Å². The SMILES string of the molecule is CCCCCCCCCCCCCCCCOS(=O)(=O)CCCCC. The zero-order valence-corrected chi connectivity index (χ0v) is 17.9. The molecule has 3 nitrogen and oxygen atoms in total. The molecule has 0 radical (unpaired) electrons. The molecule has 0 aromatic carbocycles. The molecule has 152 valence electrons. The summed E-state index contributed by atoms with van der Waals surface area (Å²) in [7, 11) is -3.27. The number of hydrogen-bond acceptors (Lipinski definition) is 3. The predicted octanol–water partition coefficient (Wildman–Crippen LogP) is 7.00. The third-order valence-corrected chi connectivity index (χ3v) is 6.07. The Morgan fingerprint density at radius 2 is 0.880 bits per heavy atom. The Morgan fingerprint density at radius 3 is 1.32 bits per heavy atom. The van der Waals surface area contributed by atoms with Crippen LogP contribution in [0.1, 0.15) is 123 Å². The lowest BCUT2D eigenvalue weighted by Gasteiger charge is -2.05. The Labute approximate surface area is 158 Å². The summed E-state index contributed by atoms with van der Waals surface area (Å²) in [6.07, 6.45) is 21.0. The van der Waals surface area contributed by atoms with Crippen molar-refractivity contribution in [1.29, 1.82) is 0 Å². The Bertz CT molecular complexity index is 352. The van der Waals surface area contributed by atoms with Crippen molar-refractivity contribution in [2.75, 3.05) is 12.4 Å². The van der Waals surface area contributed by atoms with E-state index in [9.17, 15) is 8.42 Å². The second kappa shape index (κ2) is 18.7. The highest BCUT2D eigenvalue weighted by atomic mass is 32.2. The Balaban J connectivity index is 3.21. The van der Waals surface area contributed by atoms with Gasteiger partial charge in [-0.05, 0) is 12.8 Å². The van der Waals surface area contributed by atoms with E-state index in [4.69, 9.17) is 4.18 Å². The highest BCUT2D eigenvalue weighted by Gasteiger charge is 2.09. The average Bonchev–Trinajstić information content (AvgIpc) is 2.58. The fraction of sp³-hybridized carbons (Fsp3) is 1.00. The first-order valence-corrected chi connectivity index (χ1v) is 12.6. The van der Waals surface area contributed by atoms with E-state index in [2.05, 4.69) is 13.8 Å². The predicted molar refractivity (Wildman–Crippen MR) is 110 cm³/mol. The lowest BCUT2D eigenvalue weighted by Crippen LogP contribution is -2.11. The molecule has 4 heteroatoms. The second-order valence-corrected chi connectivity index (χ2v) is 9.15. The van der Waals surface area contributed by atoms with Crippen LogP contribution >= 0.6 is 0 Å². The molecule has 0 aliphatic carbocycles. The van der Waals surface area contributed by atoms with E-state index >= 15 is 0 Å². The largest absolute Gasteiger partial charge is 0.270 e. The van der Waals surface area contributed by atoms with Gasteiger partial charge in [0.2, 0.25) is 0 Å². The third kappa shape index (κ3) is 20.1. The molecule has 0 saturated heterocycles. The molecule has 0 aliphatic heterocycles. The standard InChI is InChI=1S/C21H44O3S/c1-3-5-7-8-9-10-11-12-13-14-15-16-17-18-20-24-25(22,23)21-19-6-4-2/h3-21H2,1-2H3. The molecule has 0 unspecified atom stereocenters. The van der Waals surface area contributed by atoms with E-state index in [0.717, 1.165) is 32.1 Å². The number of unbranched alkanes of at least 4 members (excludes halogenated alkanes) is 15. The van der Waals surface area contributed by atoms with Crippen LogP contribution in [0.2, 0.25) is 0 Å². The minimum Gasteiger partial charge on any atom is -0.270 e. The fourth-order valence-corrected chi connectivity index (χ4v) is 4.12. The van der Waals surface area contributed by atoms with Gasteiger partial charge in [0.15, 0.2) is 0 Å². The summed E-state index contributed by atoms with van der Waals surface area (Å²) >= 11 is 0. The zero-order chi connectivity index (χ0) is 18.6. The van der Waals surface area contributed by atoms with E-state index in [-0.39, 0.29) is 5.75 Å². The third-order valence-electron chi connectivity index (χ3n) is 4.76. The summed E-state index contributed by atoms with van der Waals surface area (Å²) in [6.45, 7) is 4.71. The maximum atomic E-state index is 11.6. The van der Waals surface area contributed by atoms with Gasteiger partial charge in [-0.3, -0.25) is 4.18 Å². The summed E-state index contributed by atoms with van der Waals surface area (Å²) in [6, 6.07) is 0. The quantitative estimate of drug-likeness (QED) is 0.170. The van der Waals surface area contributed by atoms with E-state index in [1.54, 1.807) is 0 Å². The van der Waals surface area contributed by atoms with Crippen molar-refractivity contribution in [2.24, 2.45) is 0 Å². The van der Waals surface area contributed by atoms with Crippen molar-refractivity contribution in [3.05, 3.63) is 0 Å². The normalized spacial score (nSPS) is 11.9. The van der Waals surface area contributed by atoms with Gasteiger partial charge in [-0.25, -0.2) is 0 Å². The van der Waals surface area contributed by atoms with Crippen LogP contribution in [0.4, 0.5) is 0 Å². The molecule has 0 spiro atoms. The molecule has 0 rings (SSSR count). The molecule has 0 aliphatic rings. The Kier molecular flexibility index (Phi) is 18.6.